The highest BCUT2D eigenvalue weighted by Gasteiger charge is 2.27. The van der Waals surface area contributed by atoms with E-state index in [9.17, 15) is 8.42 Å². The molecule has 21 heavy (non-hydrogen) atoms. The van der Waals surface area contributed by atoms with Crippen LogP contribution in [0.2, 0.25) is 0 Å². The zero-order chi connectivity index (χ0) is 14.9. The topological polar surface area (TPSA) is 71.3 Å². The van der Waals surface area contributed by atoms with Gasteiger partial charge in [-0.1, -0.05) is 19.8 Å². The van der Waals surface area contributed by atoms with Gasteiger partial charge in [-0.3, -0.25) is 0 Å². The second kappa shape index (κ2) is 6.10. The summed E-state index contributed by atoms with van der Waals surface area (Å²) in [7, 11) is -3.52. The van der Waals surface area contributed by atoms with Crippen LogP contribution < -0.4 is 10.0 Å². The number of sulfonamides is 1. The van der Waals surface area contributed by atoms with Crippen molar-refractivity contribution < 1.29 is 12.8 Å². The molecular formula is C15H24N2O3S. The number of nitrogens with one attached hydrogen (secondary N) is 2. The predicted molar refractivity (Wildman–Crippen MR) is 80.3 cm³/mol. The molecule has 2 atom stereocenters. The van der Waals surface area contributed by atoms with E-state index in [-0.39, 0.29) is 5.09 Å². The minimum absolute atomic E-state index is 0.0285. The van der Waals surface area contributed by atoms with E-state index < -0.39 is 10.0 Å². The lowest BCUT2D eigenvalue weighted by Gasteiger charge is -2.15. The van der Waals surface area contributed by atoms with Crippen molar-refractivity contribution in [2.24, 2.45) is 11.8 Å². The van der Waals surface area contributed by atoms with Crippen molar-refractivity contribution in [2.75, 3.05) is 6.54 Å². The molecule has 0 aliphatic heterocycles. The molecule has 5 nitrogen and oxygen atoms in total. The van der Waals surface area contributed by atoms with Crippen molar-refractivity contribution >= 4 is 10.0 Å². The van der Waals surface area contributed by atoms with Gasteiger partial charge in [0.15, 0.2) is 0 Å². The minimum Gasteiger partial charge on any atom is -0.447 e. The van der Waals surface area contributed by atoms with Crippen LogP contribution in [0.1, 0.15) is 44.8 Å². The van der Waals surface area contributed by atoms with E-state index in [2.05, 4.69) is 17.0 Å². The summed E-state index contributed by atoms with van der Waals surface area (Å²) >= 11 is 0. The Kier molecular flexibility index (Phi) is 4.38. The molecule has 0 bridgehead atoms. The standard InChI is InChI=1S/C15H24N2O3S/c1-11-3-2-4-12(11)9-17-21(18,19)15-8-7-14(20-15)10-16-13-5-6-13/h7-8,11-13,16-17H,2-6,9-10H2,1H3. The highest BCUT2D eigenvalue weighted by Crippen LogP contribution is 2.30. The van der Waals surface area contributed by atoms with Crippen LogP contribution in [-0.2, 0) is 16.6 Å². The molecule has 6 heteroatoms. The van der Waals surface area contributed by atoms with Crippen LogP contribution in [0, 0.1) is 11.8 Å². The first-order valence-electron chi connectivity index (χ1n) is 7.86. The number of furan rings is 1. The van der Waals surface area contributed by atoms with E-state index in [0.717, 1.165) is 6.42 Å². The average Bonchev–Trinajstić information content (AvgIpc) is 2.98. The Bertz CT molecular complexity index is 577. The van der Waals surface area contributed by atoms with Crippen molar-refractivity contribution in [1.82, 2.24) is 10.0 Å². The normalized spacial score (nSPS) is 26.3. The van der Waals surface area contributed by atoms with Gasteiger partial charge >= 0.3 is 0 Å². The van der Waals surface area contributed by atoms with Crippen molar-refractivity contribution in [2.45, 2.75) is 56.7 Å². The van der Waals surface area contributed by atoms with Gasteiger partial charge in [0.2, 0.25) is 5.09 Å². The molecule has 2 unspecified atom stereocenters. The fraction of sp³-hybridized carbons (Fsp3) is 0.733. The molecule has 1 aromatic heterocycles. The summed E-state index contributed by atoms with van der Waals surface area (Å²) in [4.78, 5) is 0. The van der Waals surface area contributed by atoms with Gasteiger partial charge < -0.3 is 9.73 Å². The quantitative estimate of drug-likeness (QED) is 0.810. The average molecular weight is 312 g/mol. The SMILES string of the molecule is CC1CCCC1CNS(=O)(=O)c1ccc(CNC2CC2)o1. The van der Waals surface area contributed by atoms with Crippen LogP contribution >= 0.6 is 0 Å². The molecule has 0 radical (unpaired) electrons. The van der Waals surface area contributed by atoms with Gasteiger partial charge in [0, 0.05) is 12.6 Å². The smallest absolute Gasteiger partial charge is 0.273 e. The summed E-state index contributed by atoms with van der Waals surface area (Å²) in [5.74, 6) is 1.73. The van der Waals surface area contributed by atoms with E-state index in [4.69, 9.17) is 4.42 Å². The van der Waals surface area contributed by atoms with Crippen molar-refractivity contribution in [3.8, 4) is 0 Å². The van der Waals surface area contributed by atoms with Crippen LogP contribution in [0.3, 0.4) is 0 Å². The van der Waals surface area contributed by atoms with Gasteiger partial charge in [0.25, 0.3) is 10.0 Å². The molecule has 2 fully saturated rings. The molecule has 2 aliphatic carbocycles. The number of hydrogen-bond acceptors (Lipinski definition) is 4. The molecule has 2 saturated carbocycles. The van der Waals surface area contributed by atoms with E-state index >= 15 is 0 Å². The second-order valence-corrected chi connectivity index (χ2v) is 8.09. The molecule has 1 aromatic rings. The molecule has 0 saturated heterocycles. The summed E-state index contributed by atoms with van der Waals surface area (Å²) in [5.41, 5.74) is 0. The number of hydrogen-bond donors (Lipinski definition) is 2. The van der Waals surface area contributed by atoms with Crippen molar-refractivity contribution in [3.05, 3.63) is 17.9 Å². The third-order valence-electron chi connectivity index (χ3n) is 4.62. The Labute approximate surface area is 126 Å². The molecule has 0 spiro atoms. The summed E-state index contributed by atoms with van der Waals surface area (Å²) in [6, 6.07) is 3.86. The van der Waals surface area contributed by atoms with Gasteiger partial charge in [-0.05, 0) is 43.2 Å². The second-order valence-electron chi connectivity index (χ2n) is 6.40. The maximum atomic E-state index is 12.2. The van der Waals surface area contributed by atoms with E-state index in [1.165, 1.54) is 25.7 Å². The Hall–Kier alpha value is -0.850. The minimum atomic E-state index is -3.52. The van der Waals surface area contributed by atoms with Crippen molar-refractivity contribution in [1.29, 1.82) is 0 Å². The van der Waals surface area contributed by atoms with E-state index in [1.54, 1.807) is 12.1 Å². The highest BCUT2D eigenvalue weighted by atomic mass is 32.2. The Balaban J connectivity index is 1.55. The first-order valence-corrected chi connectivity index (χ1v) is 9.34. The van der Waals surface area contributed by atoms with Crippen LogP contribution in [0.4, 0.5) is 0 Å². The summed E-state index contributed by atoms with van der Waals surface area (Å²) in [5, 5.41) is 3.34. The molecule has 1 heterocycles. The predicted octanol–water partition coefficient (Wildman–Crippen LogP) is 2.25. The van der Waals surface area contributed by atoms with Crippen LogP contribution in [0.25, 0.3) is 0 Å². The van der Waals surface area contributed by atoms with Crippen LogP contribution in [0.5, 0.6) is 0 Å². The maximum Gasteiger partial charge on any atom is 0.273 e. The zero-order valence-electron chi connectivity index (χ0n) is 12.5. The van der Waals surface area contributed by atoms with Gasteiger partial charge in [0.1, 0.15) is 5.76 Å². The molecule has 0 aromatic carbocycles. The molecule has 118 valence electrons. The first kappa shape index (κ1) is 15.1. The highest BCUT2D eigenvalue weighted by molar-refractivity contribution is 7.89. The summed E-state index contributed by atoms with van der Waals surface area (Å²) < 4.78 is 32.6. The van der Waals surface area contributed by atoms with Crippen molar-refractivity contribution in [3.63, 3.8) is 0 Å². The molecule has 0 amide bonds. The fourth-order valence-corrected chi connectivity index (χ4v) is 3.98. The fourth-order valence-electron chi connectivity index (χ4n) is 2.94. The summed E-state index contributed by atoms with van der Waals surface area (Å²) in [6.45, 7) is 3.31. The Morgan fingerprint density at radius 3 is 2.71 bits per heavy atom. The molecule has 2 aliphatic rings. The van der Waals surface area contributed by atoms with Gasteiger partial charge in [-0.15, -0.1) is 0 Å². The monoisotopic (exact) mass is 312 g/mol. The Morgan fingerprint density at radius 2 is 2.05 bits per heavy atom. The van der Waals surface area contributed by atoms with E-state index in [0.29, 0.717) is 36.7 Å². The van der Waals surface area contributed by atoms with Crippen LogP contribution in [0.15, 0.2) is 21.6 Å². The first-order chi connectivity index (χ1) is 10.0. The van der Waals surface area contributed by atoms with Gasteiger partial charge in [-0.25, -0.2) is 13.1 Å². The lowest BCUT2D eigenvalue weighted by atomic mass is 9.99. The molecule has 3 rings (SSSR count). The molecular weight excluding hydrogens is 288 g/mol. The maximum absolute atomic E-state index is 12.2. The number of rotatable bonds is 7. The largest absolute Gasteiger partial charge is 0.447 e. The van der Waals surface area contributed by atoms with E-state index in [1.807, 2.05) is 0 Å². The van der Waals surface area contributed by atoms with Gasteiger partial charge in [-0.2, -0.15) is 0 Å². The lowest BCUT2D eigenvalue weighted by Crippen LogP contribution is -2.30. The zero-order valence-corrected chi connectivity index (χ0v) is 13.3. The lowest BCUT2D eigenvalue weighted by molar-refractivity contribution is 0.389. The Morgan fingerprint density at radius 1 is 1.24 bits per heavy atom. The molecule has 2 N–H and O–H groups in total. The van der Waals surface area contributed by atoms with Gasteiger partial charge in [0.05, 0.1) is 6.54 Å². The summed E-state index contributed by atoms with van der Waals surface area (Å²) in [6.07, 6.45) is 5.91. The van der Waals surface area contributed by atoms with Crippen LogP contribution in [-0.4, -0.2) is 21.0 Å². The third-order valence-corrected chi connectivity index (χ3v) is 5.91. The third kappa shape index (κ3) is 3.87.